The molecule has 28 heavy (non-hydrogen) atoms. The molecule has 0 aliphatic rings. The zero-order valence-corrected chi connectivity index (χ0v) is 16.0. The standard InChI is InChI=1S/C20H14Cl2N4O2/c21-14-5-6-17(16(22)8-14)25-20(28)12(9-23)7-13-10-26(11-19(24)27)18-4-2-1-3-15(13)18/h1-8,10H,11H2,(H2,24,27)(H,25,28). The summed E-state index contributed by atoms with van der Waals surface area (Å²) >= 11 is 11.9. The number of primary amides is 1. The lowest BCUT2D eigenvalue weighted by atomic mass is 10.1. The smallest absolute Gasteiger partial charge is 0.266 e. The molecule has 3 aromatic rings. The zero-order chi connectivity index (χ0) is 20.3. The van der Waals surface area contributed by atoms with E-state index in [1.807, 2.05) is 30.3 Å². The topological polar surface area (TPSA) is 101 Å². The van der Waals surface area contributed by atoms with Gasteiger partial charge in [0, 0.05) is 27.7 Å². The van der Waals surface area contributed by atoms with Gasteiger partial charge in [0.15, 0.2) is 0 Å². The van der Waals surface area contributed by atoms with E-state index in [1.165, 1.54) is 12.1 Å². The molecule has 8 heteroatoms. The molecular weight excluding hydrogens is 399 g/mol. The van der Waals surface area contributed by atoms with Crippen LogP contribution in [0.5, 0.6) is 0 Å². The summed E-state index contributed by atoms with van der Waals surface area (Å²) in [4.78, 5) is 23.8. The lowest BCUT2D eigenvalue weighted by Gasteiger charge is -2.06. The largest absolute Gasteiger partial charge is 0.368 e. The highest BCUT2D eigenvalue weighted by atomic mass is 35.5. The van der Waals surface area contributed by atoms with Crippen molar-refractivity contribution in [1.82, 2.24) is 4.57 Å². The predicted octanol–water partition coefficient (Wildman–Crippen LogP) is 3.98. The molecule has 1 aromatic heterocycles. The number of nitriles is 1. The fourth-order valence-electron chi connectivity index (χ4n) is 2.77. The van der Waals surface area contributed by atoms with Gasteiger partial charge in [-0.05, 0) is 30.3 Å². The van der Waals surface area contributed by atoms with E-state index in [0.29, 0.717) is 16.3 Å². The number of nitrogens with one attached hydrogen (secondary N) is 1. The Balaban J connectivity index is 1.97. The first-order chi connectivity index (χ1) is 13.4. The van der Waals surface area contributed by atoms with Crippen LogP contribution in [0.2, 0.25) is 10.0 Å². The highest BCUT2D eigenvalue weighted by molar-refractivity contribution is 6.37. The summed E-state index contributed by atoms with van der Waals surface area (Å²) in [7, 11) is 0. The normalized spacial score (nSPS) is 11.2. The maximum absolute atomic E-state index is 12.5. The molecule has 0 saturated heterocycles. The molecule has 0 atom stereocenters. The highest BCUT2D eigenvalue weighted by Gasteiger charge is 2.14. The van der Waals surface area contributed by atoms with Crippen molar-refractivity contribution in [2.45, 2.75) is 6.54 Å². The number of halogens is 2. The SMILES string of the molecule is N#CC(=Cc1cn(CC(N)=O)c2ccccc12)C(=O)Nc1ccc(Cl)cc1Cl. The monoisotopic (exact) mass is 412 g/mol. The van der Waals surface area contributed by atoms with Gasteiger partial charge in [-0.3, -0.25) is 9.59 Å². The first kappa shape index (κ1) is 19.5. The van der Waals surface area contributed by atoms with Crippen molar-refractivity contribution in [1.29, 1.82) is 5.26 Å². The summed E-state index contributed by atoms with van der Waals surface area (Å²) in [6.07, 6.45) is 3.13. The number of nitrogens with zero attached hydrogens (tertiary/aromatic N) is 2. The average Bonchev–Trinajstić information content (AvgIpc) is 2.99. The molecule has 0 radical (unpaired) electrons. The van der Waals surface area contributed by atoms with Crippen molar-refractivity contribution in [3.8, 4) is 6.07 Å². The van der Waals surface area contributed by atoms with E-state index in [4.69, 9.17) is 28.9 Å². The van der Waals surface area contributed by atoms with Crippen LogP contribution in [0.3, 0.4) is 0 Å². The average molecular weight is 413 g/mol. The molecule has 6 nitrogen and oxygen atoms in total. The number of fused-ring (bicyclic) bond motifs is 1. The number of benzene rings is 2. The molecule has 140 valence electrons. The van der Waals surface area contributed by atoms with Crippen molar-refractivity contribution < 1.29 is 9.59 Å². The third-order valence-electron chi connectivity index (χ3n) is 3.99. The van der Waals surface area contributed by atoms with Gasteiger partial charge >= 0.3 is 0 Å². The van der Waals surface area contributed by atoms with Crippen LogP contribution in [0.4, 0.5) is 5.69 Å². The Kier molecular flexibility index (Phi) is 5.69. The van der Waals surface area contributed by atoms with Crippen LogP contribution in [0.25, 0.3) is 17.0 Å². The van der Waals surface area contributed by atoms with E-state index in [-0.39, 0.29) is 17.1 Å². The van der Waals surface area contributed by atoms with E-state index in [0.717, 1.165) is 10.9 Å². The minimum atomic E-state index is -0.613. The number of carbonyl (C=O) groups is 2. The summed E-state index contributed by atoms with van der Waals surface area (Å²) < 4.78 is 1.67. The Labute approximate surface area is 170 Å². The summed E-state index contributed by atoms with van der Waals surface area (Å²) in [5, 5.41) is 13.5. The van der Waals surface area contributed by atoms with Gasteiger partial charge in [0.05, 0.1) is 10.7 Å². The van der Waals surface area contributed by atoms with Crippen LogP contribution in [-0.2, 0) is 16.1 Å². The number of rotatable bonds is 5. The Bertz CT molecular complexity index is 1160. The Morgan fingerprint density at radius 1 is 1.21 bits per heavy atom. The number of hydrogen-bond donors (Lipinski definition) is 2. The van der Waals surface area contributed by atoms with Gasteiger partial charge in [0.1, 0.15) is 18.2 Å². The summed E-state index contributed by atoms with van der Waals surface area (Å²) in [5.74, 6) is -1.11. The van der Waals surface area contributed by atoms with Gasteiger partial charge < -0.3 is 15.6 Å². The van der Waals surface area contributed by atoms with E-state index in [9.17, 15) is 14.9 Å². The molecular formula is C20H14Cl2N4O2. The number of carbonyl (C=O) groups excluding carboxylic acids is 2. The van der Waals surface area contributed by atoms with Crippen molar-refractivity contribution in [3.63, 3.8) is 0 Å². The van der Waals surface area contributed by atoms with Gasteiger partial charge in [-0.25, -0.2) is 0 Å². The lowest BCUT2D eigenvalue weighted by Crippen LogP contribution is -2.17. The van der Waals surface area contributed by atoms with Gasteiger partial charge in [0.25, 0.3) is 5.91 Å². The molecule has 3 rings (SSSR count). The second kappa shape index (κ2) is 8.17. The van der Waals surface area contributed by atoms with Crippen molar-refractivity contribution >= 4 is 57.7 Å². The Hall–Kier alpha value is -3.27. The van der Waals surface area contributed by atoms with Crippen LogP contribution >= 0.6 is 23.2 Å². The molecule has 0 fully saturated rings. The minimum absolute atomic E-state index is 0.0111. The van der Waals surface area contributed by atoms with E-state index < -0.39 is 11.8 Å². The van der Waals surface area contributed by atoms with Crippen molar-refractivity contribution in [2.75, 3.05) is 5.32 Å². The molecule has 2 amide bonds. The van der Waals surface area contributed by atoms with Crippen LogP contribution in [-0.4, -0.2) is 16.4 Å². The maximum Gasteiger partial charge on any atom is 0.266 e. The van der Waals surface area contributed by atoms with E-state index in [1.54, 1.807) is 22.9 Å². The predicted molar refractivity (Wildman–Crippen MR) is 110 cm³/mol. The number of para-hydroxylation sites is 1. The third kappa shape index (κ3) is 4.17. The fourth-order valence-corrected chi connectivity index (χ4v) is 3.23. The quantitative estimate of drug-likeness (QED) is 0.489. The summed E-state index contributed by atoms with van der Waals surface area (Å²) in [5.41, 5.74) is 6.91. The molecule has 2 aromatic carbocycles. The molecule has 0 aliphatic heterocycles. The van der Waals surface area contributed by atoms with Gasteiger partial charge in [0.2, 0.25) is 5.91 Å². The van der Waals surface area contributed by atoms with Gasteiger partial charge in [-0.15, -0.1) is 0 Å². The van der Waals surface area contributed by atoms with Crippen molar-refractivity contribution in [2.24, 2.45) is 5.73 Å². The molecule has 0 saturated carbocycles. The van der Waals surface area contributed by atoms with Gasteiger partial charge in [-0.1, -0.05) is 41.4 Å². The van der Waals surface area contributed by atoms with E-state index in [2.05, 4.69) is 5.32 Å². The van der Waals surface area contributed by atoms with Crippen LogP contribution in [0.15, 0.2) is 54.2 Å². The molecule has 0 aliphatic carbocycles. The van der Waals surface area contributed by atoms with E-state index >= 15 is 0 Å². The fraction of sp³-hybridized carbons (Fsp3) is 0.0500. The second-order valence-electron chi connectivity index (χ2n) is 5.94. The number of amides is 2. The minimum Gasteiger partial charge on any atom is -0.368 e. The summed E-state index contributed by atoms with van der Waals surface area (Å²) in [6.45, 7) is -0.0111. The highest BCUT2D eigenvalue weighted by Crippen LogP contribution is 2.27. The van der Waals surface area contributed by atoms with Crippen LogP contribution < -0.4 is 11.1 Å². The number of hydrogen-bond acceptors (Lipinski definition) is 3. The Morgan fingerprint density at radius 3 is 2.64 bits per heavy atom. The van der Waals surface area contributed by atoms with Gasteiger partial charge in [-0.2, -0.15) is 5.26 Å². The number of nitrogens with two attached hydrogens (primary N) is 1. The molecule has 0 spiro atoms. The first-order valence-electron chi connectivity index (χ1n) is 8.13. The van der Waals surface area contributed by atoms with Crippen LogP contribution in [0, 0.1) is 11.3 Å². The maximum atomic E-state index is 12.5. The second-order valence-corrected chi connectivity index (χ2v) is 6.79. The molecule has 0 bridgehead atoms. The van der Waals surface area contributed by atoms with Crippen molar-refractivity contribution in [3.05, 3.63) is 69.8 Å². The van der Waals surface area contributed by atoms with Crippen LogP contribution in [0.1, 0.15) is 5.56 Å². The molecule has 0 unspecified atom stereocenters. The number of anilines is 1. The molecule has 1 heterocycles. The third-order valence-corrected chi connectivity index (χ3v) is 4.54. The number of aromatic nitrogens is 1. The summed E-state index contributed by atoms with van der Waals surface area (Å²) in [6, 6.07) is 13.8. The zero-order valence-electron chi connectivity index (χ0n) is 14.4. The Morgan fingerprint density at radius 2 is 1.96 bits per heavy atom. The lowest BCUT2D eigenvalue weighted by molar-refractivity contribution is -0.118. The first-order valence-corrected chi connectivity index (χ1v) is 8.89. The molecule has 3 N–H and O–H groups in total.